The van der Waals surface area contributed by atoms with E-state index in [0.717, 1.165) is 21.2 Å². The Labute approximate surface area is 121 Å². The number of aryl methyl sites for hydroxylation is 2. The zero-order valence-corrected chi connectivity index (χ0v) is 12.3. The molecule has 2 rings (SSSR count). The Kier molecular flexibility index (Phi) is 4.38. The van der Waals surface area contributed by atoms with Gasteiger partial charge < -0.3 is 5.11 Å². The molecule has 19 heavy (non-hydrogen) atoms. The van der Waals surface area contributed by atoms with E-state index in [1.807, 2.05) is 24.3 Å². The Morgan fingerprint density at radius 1 is 1.16 bits per heavy atom. The van der Waals surface area contributed by atoms with E-state index in [0.29, 0.717) is 6.42 Å². The van der Waals surface area contributed by atoms with Gasteiger partial charge in [-0.2, -0.15) is 0 Å². The van der Waals surface area contributed by atoms with Gasteiger partial charge in [-0.1, -0.05) is 46.3 Å². The molecule has 0 aliphatic carbocycles. The van der Waals surface area contributed by atoms with Gasteiger partial charge >= 0.3 is 5.97 Å². The highest BCUT2D eigenvalue weighted by Gasteiger charge is 2.09. The number of carboxylic acid groups (broad SMARTS) is 1. The molecular weight excluding hydrogens is 304 g/mol. The normalized spacial score (nSPS) is 10.4. The molecule has 0 bridgehead atoms. The molecule has 3 heteroatoms. The molecular formula is C16H15BrO2. The van der Waals surface area contributed by atoms with E-state index in [-0.39, 0.29) is 6.42 Å². The van der Waals surface area contributed by atoms with Gasteiger partial charge in [-0.15, -0.1) is 0 Å². The summed E-state index contributed by atoms with van der Waals surface area (Å²) in [6.07, 6.45) is 0.718. The molecule has 0 aliphatic heterocycles. The van der Waals surface area contributed by atoms with Gasteiger partial charge in [-0.25, -0.2) is 0 Å². The minimum atomic E-state index is -0.761. The first-order valence-electron chi connectivity index (χ1n) is 6.14. The summed E-state index contributed by atoms with van der Waals surface area (Å²) < 4.78 is 1.04. The third-order valence-corrected chi connectivity index (χ3v) is 3.63. The predicted molar refractivity (Wildman–Crippen MR) is 80.3 cm³/mol. The second kappa shape index (κ2) is 6.02. The molecule has 0 heterocycles. The topological polar surface area (TPSA) is 37.3 Å². The fourth-order valence-corrected chi connectivity index (χ4v) is 2.47. The van der Waals surface area contributed by atoms with E-state index in [4.69, 9.17) is 5.11 Å². The summed E-state index contributed by atoms with van der Waals surface area (Å²) in [7, 11) is 0. The minimum Gasteiger partial charge on any atom is -0.481 e. The van der Waals surface area contributed by atoms with Gasteiger partial charge in [0.05, 0.1) is 0 Å². The number of benzene rings is 2. The summed E-state index contributed by atoms with van der Waals surface area (Å²) in [5.74, 6) is -0.761. The Bertz CT molecular complexity index is 588. The number of rotatable bonds is 4. The molecule has 0 aliphatic rings. The maximum Gasteiger partial charge on any atom is 0.303 e. The maximum absolute atomic E-state index is 10.7. The predicted octanol–water partition coefficient (Wildman–Crippen LogP) is 4.44. The summed E-state index contributed by atoms with van der Waals surface area (Å²) in [5, 5.41) is 8.84. The Balaban J connectivity index is 2.42. The van der Waals surface area contributed by atoms with Crippen LogP contribution in [0.3, 0.4) is 0 Å². The molecule has 0 amide bonds. The van der Waals surface area contributed by atoms with Crippen molar-refractivity contribution >= 4 is 21.9 Å². The number of hydrogen-bond donors (Lipinski definition) is 1. The van der Waals surface area contributed by atoms with Crippen molar-refractivity contribution in [1.82, 2.24) is 0 Å². The molecule has 0 unspecified atom stereocenters. The molecule has 0 atom stereocenters. The van der Waals surface area contributed by atoms with E-state index in [2.05, 4.69) is 41.1 Å². The quantitative estimate of drug-likeness (QED) is 0.904. The van der Waals surface area contributed by atoms with Crippen molar-refractivity contribution in [3.05, 3.63) is 58.1 Å². The molecule has 2 aromatic carbocycles. The zero-order valence-electron chi connectivity index (χ0n) is 10.7. The second-order valence-corrected chi connectivity index (χ2v) is 5.43. The monoisotopic (exact) mass is 318 g/mol. The highest BCUT2D eigenvalue weighted by molar-refractivity contribution is 9.10. The number of halogens is 1. The molecule has 0 fully saturated rings. The standard InChI is InChI=1S/C16H15BrO2/c1-11-3-2-4-12(7-10-15(18)19)16(11)13-5-8-14(17)9-6-13/h2-6,8-9H,7,10H2,1H3,(H,18,19). The van der Waals surface area contributed by atoms with E-state index in [9.17, 15) is 4.79 Å². The van der Waals surface area contributed by atoms with Gasteiger partial charge in [-0.3, -0.25) is 4.79 Å². The van der Waals surface area contributed by atoms with Crippen molar-refractivity contribution in [1.29, 1.82) is 0 Å². The van der Waals surface area contributed by atoms with E-state index < -0.39 is 5.97 Å². The van der Waals surface area contributed by atoms with Gasteiger partial charge in [-0.05, 0) is 47.7 Å². The molecule has 2 nitrogen and oxygen atoms in total. The minimum absolute atomic E-state index is 0.160. The van der Waals surface area contributed by atoms with Gasteiger partial charge in [0.1, 0.15) is 0 Å². The van der Waals surface area contributed by atoms with Crippen LogP contribution < -0.4 is 0 Å². The number of hydrogen-bond acceptors (Lipinski definition) is 1. The van der Waals surface area contributed by atoms with E-state index >= 15 is 0 Å². The van der Waals surface area contributed by atoms with Crippen LogP contribution in [0.4, 0.5) is 0 Å². The van der Waals surface area contributed by atoms with Crippen LogP contribution in [0.25, 0.3) is 11.1 Å². The van der Waals surface area contributed by atoms with Crippen molar-refractivity contribution in [2.24, 2.45) is 0 Å². The van der Waals surface area contributed by atoms with E-state index in [1.54, 1.807) is 0 Å². The molecule has 2 aromatic rings. The van der Waals surface area contributed by atoms with E-state index in [1.165, 1.54) is 5.56 Å². The first-order valence-corrected chi connectivity index (χ1v) is 6.93. The van der Waals surface area contributed by atoms with Crippen LogP contribution in [0, 0.1) is 6.92 Å². The fourth-order valence-electron chi connectivity index (χ4n) is 2.21. The van der Waals surface area contributed by atoms with Crippen molar-refractivity contribution in [2.75, 3.05) is 0 Å². The summed E-state index contributed by atoms with van der Waals surface area (Å²) in [5.41, 5.74) is 4.54. The molecule has 0 spiro atoms. The second-order valence-electron chi connectivity index (χ2n) is 4.51. The van der Waals surface area contributed by atoms with Gasteiger partial charge in [0.25, 0.3) is 0 Å². The fraction of sp³-hybridized carbons (Fsp3) is 0.188. The average molecular weight is 319 g/mol. The largest absolute Gasteiger partial charge is 0.481 e. The lowest BCUT2D eigenvalue weighted by molar-refractivity contribution is -0.136. The van der Waals surface area contributed by atoms with Gasteiger partial charge in [0, 0.05) is 10.9 Å². The van der Waals surface area contributed by atoms with Gasteiger partial charge in [0.2, 0.25) is 0 Å². The summed E-state index contributed by atoms with van der Waals surface area (Å²) in [6, 6.07) is 14.2. The van der Waals surface area contributed by atoms with Crippen LogP contribution in [0.5, 0.6) is 0 Å². The number of aliphatic carboxylic acids is 1. The molecule has 98 valence electrons. The lowest BCUT2D eigenvalue weighted by Crippen LogP contribution is -2.00. The third kappa shape index (κ3) is 3.44. The van der Waals surface area contributed by atoms with Crippen molar-refractivity contribution < 1.29 is 9.90 Å². The maximum atomic E-state index is 10.7. The number of carbonyl (C=O) groups is 1. The van der Waals surface area contributed by atoms with Gasteiger partial charge in [0.15, 0.2) is 0 Å². The van der Waals surface area contributed by atoms with Crippen LogP contribution in [-0.4, -0.2) is 11.1 Å². The van der Waals surface area contributed by atoms with Crippen LogP contribution in [-0.2, 0) is 11.2 Å². The summed E-state index contributed by atoms with van der Waals surface area (Å²) >= 11 is 3.43. The lowest BCUT2D eigenvalue weighted by Gasteiger charge is -2.12. The van der Waals surface area contributed by atoms with Crippen LogP contribution in [0.1, 0.15) is 17.5 Å². The molecule has 0 radical (unpaired) electrons. The van der Waals surface area contributed by atoms with Crippen LogP contribution in [0.2, 0.25) is 0 Å². The van der Waals surface area contributed by atoms with Crippen molar-refractivity contribution in [3.63, 3.8) is 0 Å². The summed E-state index contributed by atoms with van der Waals surface area (Å²) in [6.45, 7) is 2.06. The molecule has 0 aromatic heterocycles. The molecule has 0 saturated carbocycles. The Morgan fingerprint density at radius 3 is 2.47 bits per heavy atom. The average Bonchev–Trinajstić information content (AvgIpc) is 2.38. The molecule has 1 N–H and O–H groups in total. The highest BCUT2D eigenvalue weighted by Crippen LogP contribution is 2.29. The smallest absolute Gasteiger partial charge is 0.303 e. The molecule has 0 saturated heterocycles. The third-order valence-electron chi connectivity index (χ3n) is 3.10. The summed E-state index contributed by atoms with van der Waals surface area (Å²) in [4.78, 5) is 10.7. The van der Waals surface area contributed by atoms with Crippen molar-refractivity contribution in [3.8, 4) is 11.1 Å². The SMILES string of the molecule is Cc1cccc(CCC(=O)O)c1-c1ccc(Br)cc1. The Morgan fingerprint density at radius 2 is 1.84 bits per heavy atom. The lowest BCUT2D eigenvalue weighted by atomic mass is 9.93. The first-order chi connectivity index (χ1) is 9.08. The van der Waals surface area contributed by atoms with Crippen molar-refractivity contribution in [2.45, 2.75) is 19.8 Å². The van der Waals surface area contributed by atoms with Crippen LogP contribution >= 0.6 is 15.9 Å². The Hall–Kier alpha value is -1.61. The van der Waals surface area contributed by atoms with Crippen LogP contribution in [0.15, 0.2) is 46.9 Å². The highest BCUT2D eigenvalue weighted by atomic mass is 79.9. The number of carboxylic acids is 1. The first kappa shape index (κ1) is 13.8. The zero-order chi connectivity index (χ0) is 13.8.